The number of hydrogen-bond donors (Lipinski definition) is 1. The van der Waals surface area contributed by atoms with E-state index in [0.29, 0.717) is 11.8 Å². The molecule has 0 saturated heterocycles. The Kier molecular flexibility index (Phi) is 7.78. The van der Waals surface area contributed by atoms with Gasteiger partial charge in [0.2, 0.25) is 5.91 Å². The highest BCUT2D eigenvalue weighted by atomic mass is 32.2. The first-order valence-corrected chi connectivity index (χ1v) is 11.1. The van der Waals surface area contributed by atoms with Crippen LogP contribution in [-0.4, -0.2) is 27.1 Å². The number of rotatable bonds is 8. The van der Waals surface area contributed by atoms with Crippen LogP contribution in [0, 0.1) is 5.92 Å². The molecular formula is C18H25N3OS3. The summed E-state index contributed by atoms with van der Waals surface area (Å²) >= 11 is 4.73. The molecule has 4 nitrogen and oxygen atoms in total. The van der Waals surface area contributed by atoms with E-state index in [1.54, 1.807) is 23.1 Å². The molecule has 7 heteroatoms. The van der Waals surface area contributed by atoms with Crippen molar-refractivity contribution in [3.05, 3.63) is 29.8 Å². The van der Waals surface area contributed by atoms with Gasteiger partial charge in [0, 0.05) is 11.4 Å². The van der Waals surface area contributed by atoms with Crippen molar-refractivity contribution in [1.82, 2.24) is 10.2 Å². The number of carbonyl (C=O) groups excluding carboxylic acids is 1. The van der Waals surface area contributed by atoms with Gasteiger partial charge in [-0.25, -0.2) is 0 Å². The molecule has 0 spiro atoms. The smallest absolute Gasteiger partial charge is 0.237 e. The molecule has 0 saturated carbocycles. The highest BCUT2D eigenvalue weighted by molar-refractivity contribution is 8.03. The van der Waals surface area contributed by atoms with Crippen LogP contribution in [0.1, 0.15) is 46.1 Å². The lowest BCUT2D eigenvalue weighted by Gasteiger charge is -2.11. The molecule has 2 aromatic rings. The molecule has 1 amide bonds. The van der Waals surface area contributed by atoms with E-state index in [9.17, 15) is 4.79 Å². The van der Waals surface area contributed by atoms with Crippen molar-refractivity contribution in [2.45, 2.75) is 54.5 Å². The molecule has 0 aliphatic heterocycles. The van der Waals surface area contributed by atoms with E-state index in [0.717, 1.165) is 20.1 Å². The van der Waals surface area contributed by atoms with Crippen LogP contribution < -0.4 is 5.32 Å². The summed E-state index contributed by atoms with van der Waals surface area (Å²) < 4.78 is 1.80. The highest BCUT2D eigenvalue weighted by Gasteiger charge is 2.17. The molecule has 0 bridgehead atoms. The van der Waals surface area contributed by atoms with Crippen molar-refractivity contribution < 1.29 is 4.79 Å². The summed E-state index contributed by atoms with van der Waals surface area (Å²) in [6, 6.07) is 8.02. The van der Waals surface area contributed by atoms with E-state index in [4.69, 9.17) is 0 Å². The average molecular weight is 396 g/mol. The van der Waals surface area contributed by atoms with Crippen LogP contribution in [0.5, 0.6) is 0 Å². The number of aromatic nitrogens is 2. The number of hydrogen-bond acceptors (Lipinski definition) is 6. The molecule has 1 N–H and O–H groups in total. The molecule has 2 rings (SSSR count). The Morgan fingerprint density at radius 1 is 1.08 bits per heavy atom. The Bertz CT molecular complexity index is 683. The molecule has 1 heterocycles. The normalized spacial score (nSPS) is 12.6. The van der Waals surface area contributed by atoms with Crippen molar-refractivity contribution in [2.24, 2.45) is 5.92 Å². The van der Waals surface area contributed by atoms with Gasteiger partial charge in [0.15, 0.2) is 8.68 Å². The molecule has 136 valence electrons. The first-order chi connectivity index (χ1) is 11.8. The van der Waals surface area contributed by atoms with Crippen LogP contribution in [0.4, 0.5) is 5.69 Å². The lowest BCUT2D eigenvalue weighted by Crippen LogP contribution is -2.22. The number of benzene rings is 1. The molecular weight excluding hydrogens is 370 g/mol. The Labute approximate surface area is 162 Å². The number of anilines is 1. The zero-order valence-electron chi connectivity index (χ0n) is 15.3. The molecule has 0 unspecified atom stereocenters. The van der Waals surface area contributed by atoms with Gasteiger partial charge in [-0.05, 0) is 36.5 Å². The minimum absolute atomic E-state index is 0.0196. The third-order valence-corrected chi connectivity index (χ3v) is 7.09. The lowest BCUT2D eigenvalue weighted by atomic mass is 10.0. The monoisotopic (exact) mass is 395 g/mol. The second-order valence-corrected chi connectivity index (χ2v) is 10.4. The lowest BCUT2D eigenvalue weighted by molar-refractivity contribution is -0.115. The highest BCUT2D eigenvalue weighted by Crippen LogP contribution is 2.32. The van der Waals surface area contributed by atoms with Gasteiger partial charge in [0.05, 0.1) is 5.25 Å². The van der Waals surface area contributed by atoms with Crippen LogP contribution in [0.15, 0.2) is 32.9 Å². The topological polar surface area (TPSA) is 54.9 Å². The fourth-order valence-electron chi connectivity index (χ4n) is 1.94. The molecule has 0 aliphatic carbocycles. The van der Waals surface area contributed by atoms with Gasteiger partial charge in [0.25, 0.3) is 0 Å². The zero-order valence-corrected chi connectivity index (χ0v) is 17.7. The third-order valence-electron chi connectivity index (χ3n) is 3.42. The molecule has 1 atom stereocenters. The Balaban J connectivity index is 1.87. The van der Waals surface area contributed by atoms with Gasteiger partial charge in [-0.3, -0.25) is 4.79 Å². The Morgan fingerprint density at radius 3 is 2.32 bits per heavy atom. The standard InChI is InChI=1S/C18H25N3OS3/c1-11(2)10-23-17-20-21-18(25-17)24-13(5)16(22)19-15-8-6-14(7-9-15)12(3)4/h6-9,11-13H,10H2,1-5H3,(H,19,22)/t13-/m0/s1. The molecule has 0 fully saturated rings. The first-order valence-electron chi connectivity index (χ1n) is 8.39. The maximum Gasteiger partial charge on any atom is 0.237 e. The first kappa shape index (κ1) is 20.3. The van der Waals surface area contributed by atoms with E-state index in [1.807, 2.05) is 19.1 Å². The van der Waals surface area contributed by atoms with Gasteiger partial charge >= 0.3 is 0 Å². The summed E-state index contributed by atoms with van der Waals surface area (Å²) in [6.45, 7) is 10.6. The fraction of sp³-hybridized carbons (Fsp3) is 0.500. The van der Waals surface area contributed by atoms with Crippen LogP contribution >= 0.6 is 34.9 Å². The van der Waals surface area contributed by atoms with Crippen molar-refractivity contribution in [1.29, 1.82) is 0 Å². The fourth-order valence-corrected chi connectivity index (χ4v) is 5.08. The molecule has 1 aromatic carbocycles. The number of amides is 1. The van der Waals surface area contributed by atoms with Crippen molar-refractivity contribution in [3.63, 3.8) is 0 Å². The van der Waals surface area contributed by atoms with Crippen LogP contribution in [0.2, 0.25) is 0 Å². The second-order valence-electron chi connectivity index (χ2n) is 6.56. The molecule has 0 radical (unpaired) electrons. The van der Waals surface area contributed by atoms with Crippen LogP contribution in [0.25, 0.3) is 0 Å². The van der Waals surface area contributed by atoms with E-state index >= 15 is 0 Å². The summed E-state index contributed by atoms with van der Waals surface area (Å²) in [5, 5.41) is 11.1. The van der Waals surface area contributed by atoms with Gasteiger partial charge in [-0.1, -0.05) is 74.7 Å². The van der Waals surface area contributed by atoms with E-state index in [-0.39, 0.29) is 11.2 Å². The maximum absolute atomic E-state index is 12.4. The second kappa shape index (κ2) is 9.59. The van der Waals surface area contributed by atoms with Crippen molar-refractivity contribution in [2.75, 3.05) is 11.1 Å². The van der Waals surface area contributed by atoms with Gasteiger partial charge < -0.3 is 5.32 Å². The number of nitrogens with one attached hydrogen (secondary N) is 1. The van der Waals surface area contributed by atoms with E-state index in [2.05, 4.69) is 55.3 Å². The number of thioether (sulfide) groups is 2. The summed E-state index contributed by atoms with van der Waals surface area (Å²) in [7, 11) is 0. The molecule has 25 heavy (non-hydrogen) atoms. The minimum Gasteiger partial charge on any atom is -0.325 e. The quantitative estimate of drug-likeness (QED) is 0.596. The Hall–Kier alpha value is -1.05. The number of carbonyl (C=O) groups is 1. The molecule has 0 aliphatic rings. The SMILES string of the molecule is CC(C)CSc1nnc(S[C@@H](C)C(=O)Nc2ccc(C(C)C)cc2)s1. The summed E-state index contributed by atoms with van der Waals surface area (Å²) in [6.07, 6.45) is 0. The van der Waals surface area contributed by atoms with E-state index in [1.165, 1.54) is 17.3 Å². The maximum atomic E-state index is 12.4. The Morgan fingerprint density at radius 2 is 1.72 bits per heavy atom. The van der Waals surface area contributed by atoms with Gasteiger partial charge in [0.1, 0.15) is 0 Å². The summed E-state index contributed by atoms with van der Waals surface area (Å²) in [5.74, 6) is 2.12. The van der Waals surface area contributed by atoms with Crippen molar-refractivity contribution >= 4 is 46.5 Å². The summed E-state index contributed by atoms with van der Waals surface area (Å²) in [5.41, 5.74) is 2.09. The van der Waals surface area contributed by atoms with E-state index < -0.39 is 0 Å². The van der Waals surface area contributed by atoms with Crippen LogP contribution in [0.3, 0.4) is 0 Å². The van der Waals surface area contributed by atoms with Gasteiger partial charge in [-0.15, -0.1) is 10.2 Å². The van der Waals surface area contributed by atoms with Crippen LogP contribution in [-0.2, 0) is 4.79 Å². The predicted octanol–water partition coefficient (Wildman–Crippen LogP) is 5.53. The predicted molar refractivity (Wildman–Crippen MR) is 110 cm³/mol. The van der Waals surface area contributed by atoms with Crippen molar-refractivity contribution in [3.8, 4) is 0 Å². The minimum atomic E-state index is -0.222. The van der Waals surface area contributed by atoms with Gasteiger partial charge in [-0.2, -0.15) is 0 Å². The molecule has 1 aromatic heterocycles. The average Bonchev–Trinajstić information content (AvgIpc) is 3.00. The zero-order chi connectivity index (χ0) is 18.4. The third kappa shape index (κ3) is 6.64. The largest absolute Gasteiger partial charge is 0.325 e. The number of nitrogens with zero attached hydrogens (tertiary/aromatic N) is 2. The summed E-state index contributed by atoms with van der Waals surface area (Å²) in [4.78, 5) is 12.4.